The molecule has 0 spiro atoms. The second-order valence-corrected chi connectivity index (χ2v) is 3.50. The van der Waals surface area contributed by atoms with Crippen molar-refractivity contribution < 1.29 is 19.4 Å². The molecule has 62 valence electrons. The standard InChI is InChI=1S/C5H14O4Si/c6-2-4-9-3-1-5-10(7)8/h6-8,10H,1-5H2. The Labute approximate surface area is 61.9 Å². The molecule has 0 rings (SSSR count). The summed E-state index contributed by atoms with van der Waals surface area (Å²) in [6.45, 7) is 0.868. The topological polar surface area (TPSA) is 69.9 Å². The molecule has 5 heteroatoms. The molecule has 0 fully saturated rings. The summed E-state index contributed by atoms with van der Waals surface area (Å²) in [4.78, 5) is 17.0. The van der Waals surface area contributed by atoms with Crippen molar-refractivity contribution >= 4 is 9.28 Å². The number of hydrogen-bond donors (Lipinski definition) is 3. The zero-order chi connectivity index (χ0) is 7.82. The maximum absolute atomic E-state index is 8.50. The van der Waals surface area contributed by atoms with Crippen LogP contribution in [0.4, 0.5) is 0 Å². The van der Waals surface area contributed by atoms with Crippen LogP contribution in [0.25, 0.3) is 0 Å². The quantitative estimate of drug-likeness (QED) is 0.335. The fourth-order valence-electron chi connectivity index (χ4n) is 0.535. The predicted octanol–water partition coefficient (Wildman–Crippen LogP) is -1.41. The van der Waals surface area contributed by atoms with Crippen molar-refractivity contribution in [2.45, 2.75) is 12.5 Å². The molecule has 0 aliphatic carbocycles. The summed E-state index contributed by atoms with van der Waals surface area (Å²) < 4.78 is 4.88. The SMILES string of the molecule is OCCOCCC[SiH](O)O. The lowest BCUT2D eigenvalue weighted by molar-refractivity contribution is 0.0921. The third-order valence-electron chi connectivity index (χ3n) is 0.987. The molecular formula is C5H14O4Si. The van der Waals surface area contributed by atoms with Gasteiger partial charge in [0.1, 0.15) is 0 Å². The maximum atomic E-state index is 8.50. The first-order valence-electron chi connectivity index (χ1n) is 3.32. The van der Waals surface area contributed by atoms with E-state index >= 15 is 0 Å². The molecule has 0 aromatic heterocycles. The summed E-state index contributed by atoms with van der Waals surface area (Å²) >= 11 is 0. The molecule has 0 aromatic carbocycles. The molecule has 4 nitrogen and oxygen atoms in total. The van der Waals surface area contributed by atoms with Crippen LogP contribution in [0.5, 0.6) is 0 Å². The number of hydrogen-bond acceptors (Lipinski definition) is 4. The average molecular weight is 166 g/mol. The van der Waals surface area contributed by atoms with Crippen molar-refractivity contribution in [1.29, 1.82) is 0 Å². The van der Waals surface area contributed by atoms with Gasteiger partial charge in [-0.2, -0.15) is 0 Å². The molecule has 0 aromatic rings. The Hall–Kier alpha value is 0.0569. The summed E-state index contributed by atoms with van der Waals surface area (Å²) in [5.41, 5.74) is 0. The van der Waals surface area contributed by atoms with Crippen molar-refractivity contribution in [2.75, 3.05) is 19.8 Å². The predicted molar refractivity (Wildman–Crippen MR) is 38.9 cm³/mol. The highest BCUT2D eigenvalue weighted by molar-refractivity contribution is 6.40. The van der Waals surface area contributed by atoms with Gasteiger partial charge in [-0.3, -0.25) is 0 Å². The molecule has 0 saturated carbocycles. The van der Waals surface area contributed by atoms with Crippen LogP contribution in [0.3, 0.4) is 0 Å². The lowest BCUT2D eigenvalue weighted by Crippen LogP contribution is -2.11. The Morgan fingerprint density at radius 1 is 1.20 bits per heavy atom. The van der Waals surface area contributed by atoms with E-state index in [4.69, 9.17) is 19.4 Å². The van der Waals surface area contributed by atoms with Gasteiger partial charge in [0, 0.05) is 6.61 Å². The van der Waals surface area contributed by atoms with Crippen LogP contribution in [0.1, 0.15) is 6.42 Å². The Morgan fingerprint density at radius 3 is 2.40 bits per heavy atom. The smallest absolute Gasteiger partial charge is 0.316 e. The normalized spacial score (nSPS) is 10.8. The molecule has 0 amide bonds. The van der Waals surface area contributed by atoms with Crippen LogP contribution in [0.15, 0.2) is 0 Å². The van der Waals surface area contributed by atoms with Crippen LogP contribution >= 0.6 is 0 Å². The van der Waals surface area contributed by atoms with Gasteiger partial charge in [0.25, 0.3) is 0 Å². The van der Waals surface area contributed by atoms with Gasteiger partial charge in [-0.05, 0) is 12.5 Å². The van der Waals surface area contributed by atoms with E-state index in [1.54, 1.807) is 0 Å². The zero-order valence-electron chi connectivity index (χ0n) is 5.86. The second kappa shape index (κ2) is 7.17. The highest BCUT2D eigenvalue weighted by Gasteiger charge is 1.99. The zero-order valence-corrected chi connectivity index (χ0v) is 7.02. The minimum Gasteiger partial charge on any atom is -0.413 e. The number of aliphatic hydroxyl groups is 1. The van der Waals surface area contributed by atoms with Gasteiger partial charge in [0.05, 0.1) is 13.2 Å². The monoisotopic (exact) mass is 166 g/mol. The van der Waals surface area contributed by atoms with E-state index in [2.05, 4.69) is 0 Å². The first kappa shape index (κ1) is 10.1. The molecule has 0 bridgehead atoms. The van der Waals surface area contributed by atoms with E-state index in [1.165, 1.54) is 0 Å². The third-order valence-corrected chi connectivity index (χ3v) is 1.91. The van der Waals surface area contributed by atoms with Gasteiger partial charge in [-0.1, -0.05) is 0 Å². The van der Waals surface area contributed by atoms with Crippen molar-refractivity contribution in [1.82, 2.24) is 0 Å². The van der Waals surface area contributed by atoms with E-state index < -0.39 is 9.28 Å². The summed E-state index contributed by atoms with van der Waals surface area (Å²) in [6, 6.07) is 0.464. The number of rotatable bonds is 6. The minimum atomic E-state index is -2.36. The fraction of sp³-hybridized carbons (Fsp3) is 1.00. The van der Waals surface area contributed by atoms with E-state index in [9.17, 15) is 0 Å². The minimum absolute atomic E-state index is 0.0269. The van der Waals surface area contributed by atoms with Gasteiger partial charge in [-0.25, -0.2) is 0 Å². The lowest BCUT2D eigenvalue weighted by atomic mass is 10.5. The molecule has 3 N–H and O–H groups in total. The summed E-state index contributed by atoms with van der Waals surface area (Å²) in [7, 11) is -2.36. The Kier molecular flexibility index (Phi) is 7.21. The van der Waals surface area contributed by atoms with Crippen molar-refractivity contribution in [3.8, 4) is 0 Å². The molecule has 0 saturated heterocycles. The Morgan fingerprint density at radius 2 is 1.90 bits per heavy atom. The highest BCUT2D eigenvalue weighted by Crippen LogP contribution is 1.92. The van der Waals surface area contributed by atoms with E-state index in [0.717, 1.165) is 0 Å². The van der Waals surface area contributed by atoms with Crippen LogP contribution in [0, 0.1) is 0 Å². The number of aliphatic hydroxyl groups excluding tert-OH is 1. The molecule has 0 aliphatic rings. The van der Waals surface area contributed by atoms with Gasteiger partial charge in [0.15, 0.2) is 0 Å². The van der Waals surface area contributed by atoms with Crippen molar-refractivity contribution in [3.05, 3.63) is 0 Å². The molecule has 0 radical (unpaired) electrons. The van der Waals surface area contributed by atoms with Crippen molar-refractivity contribution in [2.24, 2.45) is 0 Å². The molecule has 0 unspecified atom stereocenters. The van der Waals surface area contributed by atoms with Gasteiger partial charge in [-0.15, -0.1) is 0 Å². The second-order valence-electron chi connectivity index (χ2n) is 1.96. The molecule has 10 heavy (non-hydrogen) atoms. The maximum Gasteiger partial charge on any atom is 0.316 e. The fourth-order valence-corrected chi connectivity index (χ4v) is 1.07. The first-order chi connectivity index (χ1) is 4.77. The average Bonchev–Trinajstić information content (AvgIpc) is 1.87. The van der Waals surface area contributed by atoms with E-state index in [1.807, 2.05) is 0 Å². The Bertz CT molecular complexity index is 68.7. The summed E-state index contributed by atoms with van der Waals surface area (Å²) in [6.07, 6.45) is 0.671. The molecule has 0 heterocycles. The molecule has 0 aliphatic heterocycles. The van der Waals surface area contributed by atoms with Crippen LogP contribution in [-0.4, -0.2) is 43.8 Å². The van der Waals surface area contributed by atoms with E-state index in [-0.39, 0.29) is 6.61 Å². The first-order valence-corrected chi connectivity index (χ1v) is 5.17. The van der Waals surface area contributed by atoms with Gasteiger partial charge < -0.3 is 19.4 Å². The summed E-state index contributed by atoms with van der Waals surface area (Å²) in [5, 5.41) is 8.26. The number of ether oxygens (including phenoxy) is 1. The highest BCUT2D eigenvalue weighted by atomic mass is 28.3. The molecule has 0 atom stereocenters. The van der Waals surface area contributed by atoms with Crippen LogP contribution in [-0.2, 0) is 4.74 Å². The lowest BCUT2D eigenvalue weighted by Gasteiger charge is -2.01. The van der Waals surface area contributed by atoms with Crippen LogP contribution in [0.2, 0.25) is 6.04 Å². The van der Waals surface area contributed by atoms with E-state index in [0.29, 0.717) is 25.7 Å². The Balaban J connectivity index is 2.77. The summed E-state index contributed by atoms with van der Waals surface area (Å²) in [5.74, 6) is 0. The van der Waals surface area contributed by atoms with Crippen molar-refractivity contribution in [3.63, 3.8) is 0 Å². The van der Waals surface area contributed by atoms with Gasteiger partial charge >= 0.3 is 9.28 Å². The third kappa shape index (κ3) is 8.06. The van der Waals surface area contributed by atoms with Crippen LogP contribution < -0.4 is 0 Å². The van der Waals surface area contributed by atoms with Gasteiger partial charge in [0.2, 0.25) is 0 Å². The molecular weight excluding hydrogens is 152 g/mol. The largest absolute Gasteiger partial charge is 0.413 e.